The van der Waals surface area contributed by atoms with Crippen LogP contribution in [0.1, 0.15) is 59.8 Å². The zero-order valence-corrected chi connectivity index (χ0v) is 18.7. The van der Waals surface area contributed by atoms with E-state index in [2.05, 4.69) is 48.2 Å². The molecule has 0 amide bonds. The van der Waals surface area contributed by atoms with E-state index in [1.165, 1.54) is 25.8 Å². The molecule has 0 atom stereocenters. The van der Waals surface area contributed by atoms with Gasteiger partial charge >= 0.3 is 0 Å². The molecule has 0 spiro atoms. The molecule has 0 saturated carbocycles. The van der Waals surface area contributed by atoms with Gasteiger partial charge in [-0.05, 0) is 52.2 Å². The number of rotatable bonds is 15. The van der Waals surface area contributed by atoms with Crippen LogP contribution in [0, 0.1) is 0 Å². The van der Waals surface area contributed by atoms with Gasteiger partial charge in [0.15, 0.2) is 5.96 Å². The van der Waals surface area contributed by atoms with E-state index < -0.39 is 0 Å². The normalized spacial score (nSPS) is 11.5. The Kier molecular flexibility index (Phi) is 22.8. The van der Waals surface area contributed by atoms with Gasteiger partial charge in [-0.3, -0.25) is 4.99 Å². The number of hydrogen-bond donors (Lipinski definition) is 2. The Bertz CT molecular complexity index is 274. The van der Waals surface area contributed by atoms with Crippen molar-refractivity contribution in [1.29, 1.82) is 0 Å². The Balaban J connectivity index is 0. The molecule has 0 fully saturated rings. The summed E-state index contributed by atoms with van der Waals surface area (Å²) in [6, 6.07) is 0. The van der Waals surface area contributed by atoms with Gasteiger partial charge in [-0.15, -0.1) is 24.0 Å². The number of guanidine groups is 1. The average molecular weight is 456 g/mol. The minimum Gasteiger partial charge on any atom is -0.381 e. The molecule has 0 aliphatic carbocycles. The lowest BCUT2D eigenvalue weighted by molar-refractivity contribution is 0.130. The van der Waals surface area contributed by atoms with Crippen molar-refractivity contribution in [3.8, 4) is 0 Å². The van der Waals surface area contributed by atoms with E-state index in [-0.39, 0.29) is 24.0 Å². The van der Waals surface area contributed by atoms with Crippen molar-refractivity contribution < 1.29 is 4.74 Å². The zero-order chi connectivity index (χ0) is 17.2. The summed E-state index contributed by atoms with van der Waals surface area (Å²) in [5.41, 5.74) is 0. The molecular formula is C18H41IN4O. The van der Waals surface area contributed by atoms with Crippen LogP contribution in [-0.4, -0.2) is 63.3 Å². The molecule has 2 N–H and O–H groups in total. The topological polar surface area (TPSA) is 48.9 Å². The number of ether oxygens (including phenoxy) is 1. The summed E-state index contributed by atoms with van der Waals surface area (Å²) >= 11 is 0. The molecule has 0 aromatic heterocycles. The van der Waals surface area contributed by atoms with Crippen LogP contribution in [0.2, 0.25) is 0 Å². The predicted molar refractivity (Wildman–Crippen MR) is 117 cm³/mol. The number of halogens is 1. The van der Waals surface area contributed by atoms with Gasteiger partial charge in [0.1, 0.15) is 0 Å². The predicted octanol–water partition coefficient (Wildman–Crippen LogP) is 3.49. The van der Waals surface area contributed by atoms with E-state index in [4.69, 9.17) is 4.74 Å². The van der Waals surface area contributed by atoms with Gasteiger partial charge in [0.25, 0.3) is 0 Å². The number of nitrogens with one attached hydrogen (secondary N) is 2. The second-order valence-electron chi connectivity index (χ2n) is 5.74. The van der Waals surface area contributed by atoms with Crippen LogP contribution in [-0.2, 0) is 4.74 Å². The third-order valence-corrected chi connectivity index (χ3v) is 3.79. The lowest BCUT2D eigenvalue weighted by Crippen LogP contribution is -2.38. The summed E-state index contributed by atoms with van der Waals surface area (Å²) < 4.78 is 5.56. The van der Waals surface area contributed by atoms with E-state index in [9.17, 15) is 0 Å². The number of hydrogen-bond acceptors (Lipinski definition) is 3. The molecule has 24 heavy (non-hydrogen) atoms. The van der Waals surface area contributed by atoms with Crippen molar-refractivity contribution in [1.82, 2.24) is 15.5 Å². The van der Waals surface area contributed by atoms with Crippen molar-refractivity contribution in [3.05, 3.63) is 0 Å². The Labute approximate surface area is 167 Å². The molecule has 0 bridgehead atoms. The minimum absolute atomic E-state index is 0. The summed E-state index contributed by atoms with van der Waals surface area (Å²) in [5.74, 6) is 0.934. The van der Waals surface area contributed by atoms with Crippen LogP contribution < -0.4 is 10.6 Å². The van der Waals surface area contributed by atoms with E-state index in [0.29, 0.717) is 0 Å². The van der Waals surface area contributed by atoms with Crippen molar-refractivity contribution >= 4 is 29.9 Å². The molecule has 0 radical (unpaired) electrons. The Morgan fingerprint density at radius 1 is 0.917 bits per heavy atom. The van der Waals surface area contributed by atoms with Gasteiger partial charge in [0.2, 0.25) is 0 Å². The minimum atomic E-state index is 0. The van der Waals surface area contributed by atoms with Crippen LogP contribution in [0.3, 0.4) is 0 Å². The first-order valence-electron chi connectivity index (χ1n) is 9.60. The Morgan fingerprint density at radius 3 is 2.25 bits per heavy atom. The number of nitrogens with zero attached hydrogens (tertiary/aromatic N) is 2. The highest BCUT2D eigenvalue weighted by Crippen LogP contribution is 1.94. The number of aliphatic imine (C=N–C) groups is 1. The molecule has 0 unspecified atom stereocenters. The Morgan fingerprint density at radius 2 is 1.62 bits per heavy atom. The SMILES string of the molecule is CCCCOCCCN=C(NCC)NCCCCN(CC)CC.I. The maximum Gasteiger partial charge on any atom is 0.191 e. The van der Waals surface area contributed by atoms with Gasteiger partial charge < -0.3 is 20.3 Å². The quantitative estimate of drug-likeness (QED) is 0.172. The van der Waals surface area contributed by atoms with Gasteiger partial charge in [-0.25, -0.2) is 0 Å². The van der Waals surface area contributed by atoms with Crippen molar-refractivity contribution in [2.75, 3.05) is 52.5 Å². The van der Waals surface area contributed by atoms with E-state index in [1.807, 2.05) is 0 Å². The first-order chi connectivity index (χ1) is 11.3. The lowest BCUT2D eigenvalue weighted by atomic mass is 10.3. The van der Waals surface area contributed by atoms with Crippen LogP contribution >= 0.6 is 24.0 Å². The van der Waals surface area contributed by atoms with Gasteiger partial charge in [-0.1, -0.05) is 27.2 Å². The summed E-state index contributed by atoms with van der Waals surface area (Å²) in [6.45, 7) is 16.6. The number of unbranched alkanes of at least 4 members (excludes halogenated alkanes) is 2. The summed E-state index contributed by atoms with van der Waals surface area (Å²) in [5, 5.41) is 6.72. The fourth-order valence-corrected chi connectivity index (χ4v) is 2.25. The molecule has 5 nitrogen and oxygen atoms in total. The molecule has 0 saturated heterocycles. The van der Waals surface area contributed by atoms with E-state index in [1.54, 1.807) is 0 Å². The van der Waals surface area contributed by atoms with Crippen LogP contribution in [0.5, 0.6) is 0 Å². The first kappa shape index (κ1) is 26.2. The molecule has 0 aromatic rings. The van der Waals surface area contributed by atoms with Crippen molar-refractivity contribution in [3.63, 3.8) is 0 Å². The molecular weight excluding hydrogens is 415 g/mol. The summed E-state index contributed by atoms with van der Waals surface area (Å²) in [4.78, 5) is 7.07. The highest BCUT2D eigenvalue weighted by Gasteiger charge is 1.99. The van der Waals surface area contributed by atoms with Gasteiger partial charge in [-0.2, -0.15) is 0 Å². The van der Waals surface area contributed by atoms with Crippen LogP contribution in [0.15, 0.2) is 4.99 Å². The monoisotopic (exact) mass is 456 g/mol. The highest BCUT2D eigenvalue weighted by atomic mass is 127. The molecule has 0 rings (SSSR count). The summed E-state index contributed by atoms with van der Waals surface area (Å²) in [7, 11) is 0. The first-order valence-corrected chi connectivity index (χ1v) is 9.60. The molecule has 6 heteroatoms. The summed E-state index contributed by atoms with van der Waals surface area (Å²) in [6.07, 6.45) is 5.75. The molecule has 146 valence electrons. The molecule has 0 aliphatic rings. The average Bonchev–Trinajstić information content (AvgIpc) is 2.57. The maximum absolute atomic E-state index is 5.56. The lowest BCUT2D eigenvalue weighted by Gasteiger charge is -2.18. The van der Waals surface area contributed by atoms with E-state index in [0.717, 1.165) is 64.7 Å². The molecule has 0 heterocycles. The smallest absolute Gasteiger partial charge is 0.191 e. The van der Waals surface area contributed by atoms with Crippen molar-refractivity contribution in [2.24, 2.45) is 4.99 Å². The van der Waals surface area contributed by atoms with E-state index >= 15 is 0 Å². The third-order valence-electron chi connectivity index (χ3n) is 3.79. The maximum atomic E-state index is 5.56. The Hall–Kier alpha value is -0.0800. The largest absolute Gasteiger partial charge is 0.381 e. The molecule has 0 aromatic carbocycles. The molecule has 0 aliphatic heterocycles. The fourth-order valence-electron chi connectivity index (χ4n) is 2.25. The third kappa shape index (κ3) is 16.8. The van der Waals surface area contributed by atoms with Crippen LogP contribution in [0.25, 0.3) is 0 Å². The second kappa shape index (κ2) is 21.0. The zero-order valence-electron chi connectivity index (χ0n) is 16.4. The van der Waals surface area contributed by atoms with Crippen molar-refractivity contribution in [2.45, 2.75) is 59.8 Å². The second-order valence-corrected chi connectivity index (χ2v) is 5.74. The standard InChI is InChI=1S/C18H40N4O.HI/c1-5-9-16-23-17-12-14-21-18(19-6-2)20-13-10-11-15-22(7-3)8-4;/h5-17H2,1-4H3,(H2,19,20,21);1H. The fraction of sp³-hybridized carbons (Fsp3) is 0.944. The van der Waals surface area contributed by atoms with Gasteiger partial charge in [0.05, 0.1) is 0 Å². The van der Waals surface area contributed by atoms with Crippen LogP contribution in [0.4, 0.5) is 0 Å². The van der Waals surface area contributed by atoms with Gasteiger partial charge in [0, 0.05) is 32.8 Å². The highest BCUT2D eigenvalue weighted by molar-refractivity contribution is 14.0.